The zero-order valence-corrected chi connectivity index (χ0v) is 12.0. The number of carbonyl (C=O) groups is 1. The topological polar surface area (TPSA) is 75.3 Å². The number of hydrogen-bond donors (Lipinski definition) is 3. The molecule has 0 aliphatic rings. The van der Waals surface area contributed by atoms with Crippen LogP contribution in [0.5, 0.6) is 0 Å². The molecule has 0 aliphatic carbocycles. The maximum absolute atomic E-state index is 11.7. The largest absolute Gasteiger partial charge is 0.396 e. The first-order valence-corrected chi connectivity index (χ1v) is 7.21. The van der Waals surface area contributed by atoms with Gasteiger partial charge < -0.3 is 16.2 Å². The van der Waals surface area contributed by atoms with Crippen LogP contribution in [-0.4, -0.2) is 30.7 Å². The van der Waals surface area contributed by atoms with Crippen LogP contribution in [0.3, 0.4) is 0 Å². The third-order valence-corrected chi connectivity index (χ3v) is 3.35. The van der Waals surface area contributed by atoms with E-state index < -0.39 is 0 Å². The Kier molecular flexibility index (Phi) is 11.1. The quantitative estimate of drug-likeness (QED) is 0.527. The van der Waals surface area contributed by atoms with E-state index in [2.05, 4.69) is 19.2 Å². The average Bonchev–Trinajstić information content (AvgIpc) is 2.34. The third-order valence-electron chi connectivity index (χ3n) is 3.35. The lowest BCUT2D eigenvalue weighted by Crippen LogP contribution is -2.30. The molecule has 2 unspecified atom stereocenters. The van der Waals surface area contributed by atoms with Gasteiger partial charge in [0.1, 0.15) is 0 Å². The first-order chi connectivity index (χ1) is 8.63. The van der Waals surface area contributed by atoms with E-state index in [9.17, 15) is 4.79 Å². The summed E-state index contributed by atoms with van der Waals surface area (Å²) in [4.78, 5) is 11.7. The van der Waals surface area contributed by atoms with E-state index in [-0.39, 0.29) is 12.5 Å². The van der Waals surface area contributed by atoms with Crippen LogP contribution in [0, 0.1) is 11.8 Å². The van der Waals surface area contributed by atoms with Crippen LogP contribution in [-0.2, 0) is 4.79 Å². The standard InChI is InChI=1S/C14H30N2O2/c1-3-4-13(8-10-17)11-16-14(18)6-5-12(2)7-9-15/h12-13,17H,3-11,15H2,1-2H3,(H,16,18). The van der Waals surface area contributed by atoms with Crippen LogP contribution < -0.4 is 11.1 Å². The van der Waals surface area contributed by atoms with Crippen molar-refractivity contribution in [1.29, 1.82) is 0 Å². The van der Waals surface area contributed by atoms with Gasteiger partial charge in [0.2, 0.25) is 5.91 Å². The predicted molar refractivity (Wildman–Crippen MR) is 75.2 cm³/mol. The number of carbonyl (C=O) groups excluding carboxylic acids is 1. The molecule has 4 nitrogen and oxygen atoms in total. The minimum Gasteiger partial charge on any atom is -0.396 e. The Morgan fingerprint density at radius 3 is 2.56 bits per heavy atom. The zero-order valence-electron chi connectivity index (χ0n) is 12.0. The van der Waals surface area contributed by atoms with Crippen molar-refractivity contribution in [2.45, 2.75) is 52.4 Å². The summed E-state index contributed by atoms with van der Waals surface area (Å²) in [6.45, 7) is 5.84. The number of amides is 1. The Balaban J connectivity index is 3.72. The first-order valence-electron chi connectivity index (χ1n) is 7.21. The highest BCUT2D eigenvalue weighted by molar-refractivity contribution is 5.75. The molecular weight excluding hydrogens is 228 g/mol. The number of nitrogens with two attached hydrogens (primary N) is 1. The van der Waals surface area contributed by atoms with E-state index in [4.69, 9.17) is 10.8 Å². The molecule has 0 spiro atoms. The molecular formula is C14H30N2O2. The zero-order chi connectivity index (χ0) is 13.8. The van der Waals surface area contributed by atoms with Gasteiger partial charge in [-0.2, -0.15) is 0 Å². The van der Waals surface area contributed by atoms with Crippen LogP contribution in [0.2, 0.25) is 0 Å². The Labute approximate surface area is 111 Å². The van der Waals surface area contributed by atoms with Crippen LogP contribution >= 0.6 is 0 Å². The summed E-state index contributed by atoms with van der Waals surface area (Å²) in [7, 11) is 0. The molecule has 4 N–H and O–H groups in total. The molecule has 0 aliphatic heterocycles. The predicted octanol–water partition coefficient (Wildman–Crippen LogP) is 1.67. The molecule has 0 aromatic heterocycles. The molecule has 0 heterocycles. The summed E-state index contributed by atoms with van der Waals surface area (Å²) in [5.41, 5.74) is 5.48. The van der Waals surface area contributed by atoms with Crippen LogP contribution in [0.15, 0.2) is 0 Å². The smallest absolute Gasteiger partial charge is 0.220 e. The second-order valence-corrected chi connectivity index (χ2v) is 5.19. The number of rotatable bonds is 11. The van der Waals surface area contributed by atoms with Gasteiger partial charge in [-0.25, -0.2) is 0 Å². The Bertz CT molecular complexity index is 204. The molecule has 0 radical (unpaired) electrons. The number of nitrogens with one attached hydrogen (secondary N) is 1. The summed E-state index contributed by atoms with van der Waals surface area (Å²) in [6, 6.07) is 0. The van der Waals surface area contributed by atoms with E-state index in [0.717, 1.165) is 32.1 Å². The van der Waals surface area contributed by atoms with Gasteiger partial charge in [-0.3, -0.25) is 4.79 Å². The van der Waals surface area contributed by atoms with Crippen molar-refractivity contribution >= 4 is 5.91 Å². The van der Waals surface area contributed by atoms with Gasteiger partial charge in [-0.1, -0.05) is 20.3 Å². The SMILES string of the molecule is CCCC(CCO)CNC(=O)CCC(C)CCN. The van der Waals surface area contributed by atoms with Crippen molar-refractivity contribution in [2.24, 2.45) is 17.6 Å². The van der Waals surface area contributed by atoms with Crippen molar-refractivity contribution in [3.8, 4) is 0 Å². The fourth-order valence-electron chi connectivity index (χ4n) is 2.09. The maximum atomic E-state index is 11.7. The second kappa shape index (κ2) is 11.5. The van der Waals surface area contributed by atoms with Crippen LogP contribution in [0.25, 0.3) is 0 Å². The molecule has 4 heteroatoms. The molecule has 0 saturated heterocycles. The normalized spacial score (nSPS) is 14.2. The first kappa shape index (κ1) is 17.4. The fraction of sp³-hybridized carbons (Fsp3) is 0.929. The van der Waals surface area contributed by atoms with Gasteiger partial charge in [0.05, 0.1) is 0 Å². The molecule has 0 saturated carbocycles. The highest BCUT2D eigenvalue weighted by Crippen LogP contribution is 2.11. The average molecular weight is 258 g/mol. The molecule has 108 valence electrons. The van der Waals surface area contributed by atoms with E-state index in [0.29, 0.717) is 31.3 Å². The van der Waals surface area contributed by atoms with Gasteiger partial charge >= 0.3 is 0 Å². The monoisotopic (exact) mass is 258 g/mol. The molecule has 0 fully saturated rings. The van der Waals surface area contributed by atoms with Gasteiger partial charge in [0, 0.05) is 19.6 Å². The van der Waals surface area contributed by atoms with Gasteiger partial charge in [0.25, 0.3) is 0 Å². The van der Waals surface area contributed by atoms with Crippen molar-refractivity contribution < 1.29 is 9.90 Å². The van der Waals surface area contributed by atoms with Crippen LogP contribution in [0.1, 0.15) is 52.4 Å². The minimum absolute atomic E-state index is 0.123. The summed E-state index contributed by atoms with van der Waals surface area (Å²) < 4.78 is 0. The van der Waals surface area contributed by atoms with E-state index in [1.54, 1.807) is 0 Å². The van der Waals surface area contributed by atoms with Crippen molar-refractivity contribution in [3.63, 3.8) is 0 Å². The van der Waals surface area contributed by atoms with Crippen molar-refractivity contribution in [2.75, 3.05) is 19.7 Å². The van der Waals surface area contributed by atoms with Crippen molar-refractivity contribution in [1.82, 2.24) is 5.32 Å². The lowest BCUT2D eigenvalue weighted by molar-refractivity contribution is -0.121. The fourth-order valence-corrected chi connectivity index (χ4v) is 2.09. The minimum atomic E-state index is 0.123. The lowest BCUT2D eigenvalue weighted by atomic mass is 9.99. The van der Waals surface area contributed by atoms with Gasteiger partial charge in [-0.15, -0.1) is 0 Å². The number of aliphatic hydroxyl groups is 1. The Morgan fingerprint density at radius 2 is 2.00 bits per heavy atom. The van der Waals surface area contributed by atoms with Crippen LogP contribution in [0.4, 0.5) is 0 Å². The lowest BCUT2D eigenvalue weighted by Gasteiger charge is -2.16. The highest BCUT2D eigenvalue weighted by Gasteiger charge is 2.10. The van der Waals surface area contributed by atoms with E-state index >= 15 is 0 Å². The van der Waals surface area contributed by atoms with E-state index in [1.165, 1.54) is 0 Å². The summed E-state index contributed by atoms with van der Waals surface area (Å²) >= 11 is 0. The molecule has 1 amide bonds. The molecule has 2 atom stereocenters. The van der Waals surface area contributed by atoms with Gasteiger partial charge in [-0.05, 0) is 44.1 Å². The Morgan fingerprint density at radius 1 is 1.28 bits per heavy atom. The van der Waals surface area contributed by atoms with Gasteiger partial charge in [0.15, 0.2) is 0 Å². The molecule has 0 aromatic carbocycles. The molecule has 0 rings (SSSR count). The summed E-state index contributed by atoms with van der Waals surface area (Å²) in [6.07, 6.45) is 5.40. The number of hydrogen-bond acceptors (Lipinski definition) is 3. The maximum Gasteiger partial charge on any atom is 0.220 e. The summed E-state index contributed by atoms with van der Waals surface area (Å²) in [5, 5.41) is 11.9. The molecule has 0 aromatic rings. The van der Waals surface area contributed by atoms with E-state index in [1.807, 2.05) is 0 Å². The second-order valence-electron chi connectivity index (χ2n) is 5.19. The highest BCUT2D eigenvalue weighted by atomic mass is 16.3. The molecule has 0 bridgehead atoms. The van der Waals surface area contributed by atoms with Crippen molar-refractivity contribution in [3.05, 3.63) is 0 Å². The molecule has 18 heavy (non-hydrogen) atoms. The third kappa shape index (κ3) is 9.42. The summed E-state index contributed by atoms with van der Waals surface area (Å²) in [5.74, 6) is 1.05. The number of aliphatic hydroxyl groups excluding tert-OH is 1. The Hall–Kier alpha value is -0.610.